The van der Waals surface area contributed by atoms with Crippen LogP contribution in [0.2, 0.25) is 0 Å². The summed E-state index contributed by atoms with van der Waals surface area (Å²) in [5.74, 6) is 2.64. The van der Waals surface area contributed by atoms with Gasteiger partial charge < -0.3 is 14.4 Å². The average Bonchev–Trinajstić information content (AvgIpc) is 3.50. The van der Waals surface area contributed by atoms with Crippen molar-refractivity contribution in [2.75, 3.05) is 20.8 Å². The zero-order chi connectivity index (χ0) is 18.3. The number of carbonyl (C=O) groups excluding carboxylic acids is 1. The van der Waals surface area contributed by atoms with E-state index in [0.717, 1.165) is 42.1 Å². The summed E-state index contributed by atoms with van der Waals surface area (Å²) in [6.07, 6.45) is 3.03. The highest BCUT2D eigenvalue weighted by atomic mass is 16.5. The molecule has 136 valence electrons. The molecule has 6 heteroatoms. The lowest BCUT2D eigenvalue weighted by molar-refractivity contribution is 0.0727. The Labute approximate surface area is 153 Å². The minimum Gasteiger partial charge on any atom is -0.493 e. The van der Waals surface area contributed by atoms with Gasteiger partial charge in [-0.2, -0.15) is 0 Å². The quantitative estimate of drug-likeness (QED) is 0.846. The van der Waals surface area contributed by atoms with Gasteiger partial charge in [0.05, 0.1) is 14.2 Å². The van der Waals surface area contributed by atoms with Crippen molar-refractivity contribution >= 4 is 5.91 Å². The van der Waals surface area contributed by atoms with Crippen molar-refractivity contribution in [1.29, 1.82) is 0 Å². The second kappa shape index (κ2) is 6.59. The summed E-state index contributed by atoms with van der Waals surface area (Å²) in [6, 6.07) is 5.77. The predicted octanol–water partition coefficient (Wildman–Crippen LogP) is 2.88. The lowest BCUT2D eigenvalue weighted by Gasteiger charge is -2.29. The fraction of sp³-hybridized carbons (Fsp3) is 0.450. The first-order valence-corrected chi connectivity index (χ1v) is 8.97. The fourth-order valence-electron chi connectivity index (χ4n) is 3.44. The van der Waals surface area contributed by atoms with Crippen LogP contribution in [0, 0.1) is 6.92 Å². The second-order valence-electron chi connectivity index (χ2n) is 6.98. The SMILES string of the molecule is COc1cc2c(cc1OC)CN(C(=O)c1cc(C)nc(C3CC3)n1)CC2. The summed E-state index contributed by atoms with van der Waals surface area (Å²) in [7, 11) is 3.26. The van der Waals surface area contributed by atoms with E-state index >= 15 is 0 Å². The smallest absolute Gasteiger partial charge is 0.272 e. The third-order valence-electron chi connectivity index (χ3n) is 5.04. The van der Waals surface area contributed by atoms with E-state index in [1.807, 2.05) is 24.0 Å². The van der Waals surface area contributed by atoms with Gasteiger partial charge in [0.1, 0.15) is 11.5 Å². The number of amides is 1. The van der Waals surface area contributed by atoms with Crippen LogP contribution in [0.5, 0.6) is 11.5 Å². The number of nitrogens with zero attached hydrogens (tertiary/aromatic N) is 3. The van der Waals surface area contributed by atoms with Crippen LogP contribution in [0.15, 0.2) is 18.2 Å². The minimum absolute atomic E-state index is 0.0298. The van der Waals surface area contributed by atoms with Gasteiger partial charge in [-0.05, 0) is 55.5 Å². The molecule has 4 rings (SSSR count). The van der Waals surface area contributed by atoms with Gasteiger partial charge in [-0.25, -0.2) is 9.97 Å². The average molecular weight is 353 g/mol. The largest absolute Gasteiger partial charge is 0.493 e. The topological polar surface area (TPSA) is 64.6 Å². The first-order chi connectivity index (χ1) is 12.6. The molecular weight excluding hydrogens is 330 g/mol. The maximum Gasteiger partial charge on any atom is 0.272 e. The van der Waals surface area contributed by atoms with Crippen LogP contribution < -0.4 is 9.47 Å². The van der Waals surface area contributed by atoms with Gasteiger partial charge in [0.15, 0.2) is 11.5 Å². The molecule has 1 aromatic heterocycles. The molecule has 0 atom stereocenters. The van der Waals surface area contributed by atoms with E-state index in [4.69, 9.17) is 9.47 Å². The molecule has 0 unspecified atom stereocenters. The molecule has 1 saturated carbocycles. The summed E-state index contributed by atoms with van der Waals surface area (Å²) < 4.78 is 10.8. The zero-order valence-corrected chi connectivity index (χ0v) is 15.4. The van der Waals surface area contributed by atoms with Crippen molar-refractivity contribution in [3.05, 3.63) is 46.5 Å². The van der Waals surface area contributed by atoms with Crippen LogP contribution in [0.4, 0.5) is 0 Å². The van der Waals surface area contributed by atoms with Crippen molar-refractivity contribution in [3.63, 3.8) is 0 Å². The van der Waals surface area contributed by atoms with Gasteiger partial charge in [0.25, 0.3) is 5.91 Å². The van der Waals surface area contributed by atoms with E-state index in [1.54, 1.807) is 20.3 Å². The molecule has 0 saturated heterocycles. The monoisotopic (exact) mass is 353 g/mol. The van der Waals surface area contributed by atoms with Crippen molar-refractivity contribution in [3.8, 4) is 11.5 Å². The van der Waals surface area contributed by atoms with E-state index < -0.39 is 0 Å². The summed E-state index contributed by atoms with van der Waals surface area (Å²) >= 11 is 0. The van der Waals surface area contributed by atoms with Crippen LogP contribution in [-0.2, 0) is 13.0 Å². The minimum atomic E-state index is -0.0298. The first kappa shape index (κ1) is 16.8. The molecule has 2 aliphatic rings. The number of aryl methyl sites for hydroxylation is 1. The summed E-state index contributed by atoms with van der Waals surface area (Å²) in [5, 5.41) is 0. The molecule has 0 spiro atoms. The highest BCUT2D eigenvalue weighted by Crippen LogP contribution is 2.38. The standard InChI is InChI=1S/C20H23N3O3/c1-12-8-16(22-19(21-12)13-4-5-13)20(24)23-7-6-14-9-17(25-2)18(26-3)10-15(14)11-23/h8-10,13H,4-7,11H2,1-3H3. The Morgan fingerprint density at radius 1 is 1.08 bits per heavy atom. The van der Waals surface area contributed by atoms with Crippen LogP contribution in [0.25, 0.3) is 0 Å². The Kier molecular flexibility index (Phi) is 4.26. The summed E-state index contributed by atoms with van der Waals surface area (Å²) in [5.41, 5.74) is 3.65. The van der Waals surface area contributed by atoms with E-state index in [2.05, 4.69) is 9.97 Å². The summed E-state index contributed by atoms with van der Waals surface area (Å²) in [6.45, 7) is 3.15. The van der Waals surface area contributed by atoms with Gasteiger partial charge in [0.2, 0.25) is 0 Å². The molecule has 26 heavy (non-hydrogen) atoms. The molecular formula is C20H23N3O3. The highest BCUT2D eigenvalue weighted by Gasteiger charge is 2.29. The van der Waals surface area contributed by atoms with Crippen molar-refractivity contribution in [2.45, 2.75) is 38.6 Å². The fourth-order valence-corrected chi connectivity index (χ4v) is 3.44. The van der Waals surface area contributed by atoms with E-state index in [0.29, 0.717) is 30.5 Å². The highest BCUT2D eigenvalue weighted by molar-refractivity contribution is 5.92. The molecule has 1 aromatic carbocycles. The number of rotatable bonds is 4. The van der Waals surface area contributed by atoms with E-state index in [9.17, 15) is 4.79 Å². The van der Waals surface area contributed by atoms with Gasteiger partial charge in [-0.15, -0.1) is 0 Å². The van der Waals surface area contributed by atoms with Gasteiger partial charge in [0, 0.05) is 24.7 Å². The Hall–Kier alpha value is -2.63. The number of carbonyl (C=O) groups is 1. The van der Waals surface area contributed by atoms with Gasteiger partial charge in [-0.3, -0.25) is 4.79 Å². The molecule has 1 fully saturated rings. The predicted molar refractivity (Wildman–Crippen MR) is 96.7 cm³/mol. The van der Waals surface area contributed by atoms with Gasteiger partial charge >= 0.3 is 0 Å². The van der Waals surface area contributed by atoms with E-state index in [-0.39, 0.29) is 5.91 Å². The number of fused-ring (bicyclic) bond motifs is 1. The number of hydrogen-bond donors (Lipinski definition) is 0. The number of methoxy groups -OCH3 is 2. The van der Waals surface area contributed by atoms with Crippen LogP contribution in [0.3, 0.4) is 0 Å². The van der Waals surface area contributed by atoms with Crippen LogP contribution >= 0.6 is 0 Å². The first-order valence-electron chi connectivity index (χ1n) is 8.97. The van der Waals surface area contributed by atoms with Crippen molar-refractivity contribution in [1.82, 2.24) is 14.9 Å². The normalized spacial score (nSPS) is 16.2. The number of benzene rings is 1. The zero-order valence-electron chi connectivity index (χ0n) is 15.4. The molecule has 1 amide bonds. The number of ether oxygens (including phenoxy) is 2. The number of hydrogen-bond acceptors (Lipinski definition) is 5. The Morgan fingerprint density at radius 3 is 2.42 bits per heavy atom. The third-order valence-corrected chi connectivity index (χ3v) is 5.04. The number of aromatic nitrogens is 2. The van der Waals surface area contributed by atoms with Crippen molar-refractivity contribution in [2.24, 2.45) is 0 Å². The lowest BCUT2D eigenvalue weighted by Crippen LogP contribution is -2.36. The molecule has 1 aliphatic carbocycles. The van der Waals surface area contributed by atoms with Crippen molar-refractivity contribution < 1.29 is 14.3 Å². The Morgan fingerprint density at radius 2 is 1.77 bits per heavy atom. The molecule has 6 nitrogen and oxygen atoms in total. The van der Waals surface area contributed by atoms with Crippen LogP contribution in [-0.4, -0.2) is 41.5 Å². The lowest BCUT2D eigenvalue weighted by atomic mass is 9.98. The third kappa shape index (κ3) is 3.11. The molecule has 1 aliphatic heterocycles. The second-order valence-corrected chi connectivity index (χ2v) is 6.98. The molecule has 2 heterocycles. The van der Waals surface area contributed by atoms with Gasteiger partial charge in [-0.1, -0.05) is 0 Å². The molecule has 0 bridgehead atoms. The Balaban J connectivity index is 1.59. The molecule has 0 N–H and O–H groups in total. The Bertz CT molecular complexity index is 862. The van der Waals surface area contributed by atoms with E-state index in [1.165, 1.54) is 5.56 Å². The summed E-state index contributed by atoms with van der Waals surface area (Å²) in [4.78, 5) is 23.9. The van der Waals surface area contributed by atoms with Crippen LogP contribution in [0.1, 0.15) is 51.9 Å². The molecule has 0 radical (unpaired) electrons. The maximum absolute atomic E-state index is 13.0. The molecule has 2 aromatic rings. The maximum atomic E-state index is 13.0.